The number of methoxy groups -OCH3 is 1. The maximum Gasteiger partial charge on any atom is 0.216 e. The van der Waals surface area contributed by atoms with Gasteiger partial charge in [0.15, 0.2) is 5.96 Å². The number of aryl methyl sites for hydroxylation is 2. The highest BCUT2D eigenvalue weighted by molar-refractivity contribution is 14.0. The van der Waals surface area contributed by atoms with E-state index in [9.17, 15) is 0 Å². The van der Waals surface area contributed by atoms with Gasteiger partial charge in [-0.15, -0.1) is 24.0 Å². The van der Waals surface area contributed by atoms with Gasteiger partial charge >= 0.3 is 0 Å². The normalized spacial score (nSPS) is 11.1. The van der Waals surface area contributed by atoms with Gasteiger partial charge in [-0.3, -0.25) is 0 Å². The molecule has 0 spiro atoms. The lowest BCUT2D eigenvalue weighted by Gasteiger charge is -2.09. The average Bonchev–Trinajstić information content (AvgIpc) is 2.66. The summed E-state index contributed by atoms with van der Waals surface area (Å²) in [6.45, 7) is 8.44. The molecule has 0 saturated carbocycles. The molecule has 7 heteroatoms. The van der Waals surface area contributed by atoms with E-state index in [0.29, 0.717) is 25.6 Å². The Morgan fingerprint density at radius 2 is 2.11 bits per heavy atom. The van der Waals surface area contributed by atoms with E-state index in [1.54, 1.807) is 7.11 Å². The number of aromatic nitrogens is 1. The van der Waals surface area contributed by atoms with Crippen molar-refractivity contribution in [2.75, 3.05) is 26.8 Å². The third-order valence-electron chi connectivity index (χ3n) is 2.39. The second-order valence-corrected chi connectivity index (χ2v) is 3.86. The van der Waals surface area contributed by atoms with Crippen LogP contribution in [0.3, 0.4) is 0 Å². The summed E-state index contributed by atoms with van der Waals surface area (Å²) in [5, 5.41) is 6.30. The van der Waals surface area contributed by atoms with E-state index in [2.05, 4.69) is 20.6 Å². The molecule has 0 aliphatic rings. The number of ether oxygens (including phenoxy) is 1. The second-order valence-electron chi connectivity index (χ2n) is 3.86. The number of halogens is 1. The van der Waals surface area contributed by atoms with E-state index >= 15 is 0 Å². The zero-order chi connectivity index (χ0) is 13.4. The van der Waals surface area contributed by atoms with Gasteiger partial charge in [-0.25, -0.2) is 9.98 Å². The zero-order valence-electron chi connectivity index (χ0n) is 11.9. The van der Waals surface area contributed by atoms with Crippen molar-refractivity contribution in [3.8, 4) is 0 Å². The van der Waals surface area contributed by atoms with Gasteiger partial charge in [0.2, 0.25) is 5.89 Å². The van der Waals surface area contributed by atoms with Gasteiger partial charge in [0, 0.05) is 20.2 Å². The van der Waals surface area contributed by atoms with Crippen molar-refractivity contribution in [3.63, 3.8) is 0 Å². The first-order chi connectivity index (χ1) is 8.67. The molecule has 110 valence electrons. The third-order valence-corrected chi connectivity index (χ3v) is 2.39. The van der Waals surface area contributed by atoms with Gasteiger partial charge in [0.25, 0.3) is 0 Å². The summed E-state index contributed by atoms with van der Waals surface area (Å²) in [5.74, 6) is 2.22. The summed E-state index contributed by atoms with van der Waals surface area (Å²) in [6.07, 6.45) is 0. The molecule has 0 fully saturated rings. The SMILES string of the molecule is CCNC(=NCc1nc(C)c(C)o1)NCCOC.I. The predicted octanol–water partition coefficient (Wildman–Crippen LogP) is 1.61. The smallest absolute Gasteiger partial charge is 0.216 e. The highest BCUT2D eigenvalue weighted by Crippen LogP contribution is 2.08. The van der Waals surface area contributed by atoms with Crippen LogP contribution in [0.1, 0.15) is 24.3 Å². The summed E-state index contributed by atoms with van der Waals surface area (Å²) in [6, 6.07) is 0. The molecule has 0 amide bonds. The van der Waals surface area contributed by atoms with Gasteiger partial charge < -0.3 is 19.8 Å². The van der Waals surface area contributed by atoms with Crippen molar-refractivity contribution in [1.82, 2.24) is 15.6 Å². The Hall–Kier alpha value is -0.830. The molecule has 0 saturated heterocycles. The van der Waals surface area contributed by atoms with Crippen LogP contribution in [0.15, 0.2) is 9.41 Å². The molecule has 0 aliphatic heterocycles. The minimum atomic E-state index is 0. The van der Waals surface area contributed by atoms with Crippen molar-refractivity contribution in [2.45, 2.75) is 27.3 Å². The second kappa shape index (κ2) is 10.0. The molecule has 0 atom stereocenters. The largest absolute Gasteiger partial charge is 0.444 e. The minimum absolute atomic E-state index is 0. The van der Waals surface area contributed by atoms with Crippen LogP contribution in [-0.4, -0.2) is 37.7 Å². The van der Waals surface area contributed by atoms with Crippen molar-refractivity contribution >= 4 is 29.9 Å². The maximum absolute atomic E-state index is 5.47. The van der Waals surface area contributed by atoms with Crippen LogP contribution < -0.4 is 10.6 Å². The van der Waals surface area contributed by atoms with E-state index in [1.807, 2.05) is 20.8 Å². The molecule has 0 aromatic carbocycles. The Morgan fingerprint density at radius 3 is 2.63 bits per heavy atom. The lowest BCUT2D eigenvalue weighted by Crippen LogP contribution is -2.38. The number of nitrogens with one attached hydrogen (secondary N) is 2. The first-order valence-corrected chi connectivity index (χ1v) is 6.11. The van der Waals surface area contributed by atoms with E-state index < -0.39 is 0 Å². The fourth-order valence-electron chi connectivity index (χ4n) is 1.37. The topological polar surface area (TPSA) is 71.7 Å². The molecule has 0 unspecified atom stereocenters. The summed E-state index contributed by atoms with van der Waals surface area (Å²) in [5.41, 5.74) is 0.914. The van der Waals surface area contributed by atoms with Crippen LogP contribution in [0.2, 0.25) is 0 Å². The van der Waals surface area contributed by atoms with Crippen molar-refractivity contribution in [2.24, 2.45) is 4.99 Å². The summed E-state index contributed by atoms with van der Waals surface area (Å²) >= 11 is 0. The number of rotatable bonds is 6. The van der Waals surface area contributed by atoms with E-state index in [1.165, 1.54) is 0 Å². The van der Waals surface area contributed by atoms with Crippen molar-refractivity contribution < 1.29 is 9.15 Å². The van der Waals surface area contributed by atoms with Gasteiger partial charge in [-0.2, -0.15) is 0 Å². The van der Waals surface area contributed by atoms with Crippen LogP contribution in [0.5, 0.6) is 0 Å². The molecule has 6 nitrogen and oxygen atoms in total. The number of hydrogen-bond acceptors (Lipinski definition) is 4. The molecule has 0 aliphatic carbocycles. The van der Waals surface area contributed by atoms with Crippen LogP contribution in [0.25, 0.3) is 0 Å². The number of hydrogen-bond donors (Lipinski definition) is 2. The molecule has 1 aromatic rings. The van der Waals surface area contributed by atoms with Crippen molar-refractivity contribution in [3.05, 3.63) is 17.3 Å². The zero-order valence-corrected chi connectivity index (χ0v) is 14.3. The fourth-order valence-corrected chi connectivity index (χ4v) is 1.37. The molecule has 2 N–H and O–H groups in total. The number of nitrogens with zero attached hydrogens (tertiary/aromatic N) is 2. The number of aliphatic imine (C=N–C) groups is 1. The number of guanidine groups is 1. The Kier molecular flexibility index (Phi) is 9.58. The molecule has 1 aromatic heterocycles. The molecule has 0 radical (unpaired) electrons. The molecular formula is C12H23IN4O2. The fraction of sp³-hybridized carbons (Fsp3) is 0.667. The maximum atomic E-state index is 5.47. The Morgan fingerprint density at radius 1 is 1.37 bits per heavy atom. The van der Waals surface area contributed by atoms with Gasteiger partial charge in [-0.05, 0) is 20.8 Å². The minimum Gasteiger partial charge on any atom is -0.444 e. The quantitative estimate of drug-likeness (QED) is 0.339. The van der Waals surface area contributed by atoms with E-state index in [-0.39, 0.29) is 24.0 Å². The molecular weight excluding hydrogens is 359 g/mol. The Labute approximate surface area is 131 Å². The monoisotopic (exact) mass is 382 g/mol. The third kappa shape index (κ3) is 6.76. The molecule has 0 bridgehead atoms. The van der Waals surface area contributed by atoms with Crippen LogP contribution >= 0.6 is 24.0 Å². The predicted molar refractivity (Wildman–Crippen MR) is 86.1 cm³/mol. The first-order valence-electron chi connectivity index (χ1n) is 6.11. The highest BCUT2D eigenvalue weighted by Gasteiger charge is 2.05. The highest BCUT2D eigenvalue weighted by atomic mass is 127. The summed E-state index contributed by atoms with van der Waals surface area (Å²) < 4.78 is 10.4. The summed E-state index contributed by atoms with van der Waals surface area (Å²) in [7, 11) is 1.67. The lowest BCUT2D eigenvalue weighted by atomic mass is 10.4. The lowest BCUT2D eigenvalue weighted by molar-refractivity contribution is 0.203. The molecule has 1 heterocycles. The standard InChI is InChI=1S/C12H22N4O2.HI/c1-5-13-12(14-6-7-17-4)15-8-11-16-9(2)10(3)18-11;/h5-8H2,1-4H3,(H2,13,14,15);1H. The molecule has 19 heavy (non-hydrogen) atoms. The van der Waals surface area contributed by atoms with Gasteiger partial charge in [0.1, 0.15) is 12.3 Å². The average molecular weight is 382 g/mol. The molecule has 1 rings (SSSR count). The van der Waals surface area contributed by atoms with Crippen LogP contribution in [0.4, 0.5) is 0 Å². The number of oxazole rings is 1. The van der Waals surface area contributed by atoms with Crippen molar-refractivity contribution in [1.29, 1.82) is 0 Å². The Bertz CT molecular complexity index is 374. The van der Waals surface area contributed by atoms with Gasteiger partial charge in [0.05, 0.1) is 12.3 Å². The van der Waals surface area contributed by atoms with E-state index in [4.69, 9.17) is 9.15 Å². The first kappa shape index (κ1) is 18.2. The van der Waals surface area contributed by atoms with Gasteiger partial charge in [-0.1, -0.05) is 0 Å². The summed E-state index contributed by atoms with van der Waals surface area (Å²) in [4.78, 5) is 8.68. The Balaban J connectivity index is 0.00000324. The van der Waals surface area contributed by atoms with Crippen LogP contribution in [-0.2, 0) is 11.3 Å². The van der Waals surface area contributed by atoms with E-state index in [0.717, 1.165) is 24.0 Å². The van der Waals surface area contributed by atoms with Crippen LogP contribution in [0, 0.1) is 13.8 Å².